The van der Waals surface area contributed by atoms with Crippen molar-refractivity contribution in [3.63, 3.8) is 0 Å². The van der Waals surface area contributed by atoms with Crippen LogP contribution in [0, 0.1) is 29.1 Å². The molecule has 0 bridgehead atoms. The van der Waals surface area contributed by atoms with E-state index in [4.69, 9.17) is 18.0 Å². The fourth-order valence-corrected chi connectivity index (χ4v) is 4.10. The maximum absolute atomic E-state index is 13.7. The Bertz CT molecular complexity index is 544. The Morgan fingerprint density at radius 1 is 0.750 bits per heavy atom. The lowest BCUT2D eigenvalue weighted by molar-refractivity contribution is 0.0183. The van der Waals surface area contributed by atoms with Gasteiger partial charge >= 0.3 is 8.80 Å². The fraction of sp³-hybridized carbons (Fsp3) is 0.571. The minimum absolute atomic E-state index is 0.379. The van der Waals surface area contributed by atoms with Crippen molar-refractivity contribution in [1.29, 1.82) is 0 Å². The van der Waals surface area contributed by atoms with Gasteiger partial charge < -0.3 is 18.0 Å². The Hall–Kier alpha value is -1.23. The molecule has 0 spiro atoms. The van der Waals surface area contributed by atoms with Crippen LogP contribution in [0.25, 0.3) is 0 Å². The Morgan fingerprint density at radius 3 is 1.46 bits per heavy atom. The third kappa shape index (κ3) is 4.65. The van der Waals surface area contributed by atoms with Crippen molar-refractivity contribution in [3.05, 3.63) is 29.1 Å². The van der Waals surface area contributed by atoms with Gasteiger partial charge in [-0.2, -0.15) is 8.78 Å². The molecule has 0 N–H and O–H groups in total. The van der Waals surface area contributed by atoms with Gasteiger partial charge in [-0.3, -0.25) is 0 Å². The van der Waals surface area contributed by atoms with Crippen LogP contribution in [-0.4, -0.2) is 34.4 Å². The number of ether oxygens (including phenoxy) is 1. The first-order valence-electron chi connectivity index (χ1n) is 7.09. The van der Waals surface area contributed by atoms with Crippen LogP contribution >= 0.6 is 0 Å². The number of hydrogen-bond donors (Lipinski definition) is 0. The number of halogens is 5. The lowest BCUT2D eigenvalue weighted by Crippen LogP contribution is -2.53. The summed E-state index contributed by atoms with van der Waals surface area (Å²) in [6.45, 7) is 6.68. The van der Waals surface area contributed by atoms with Gasteiger partial charge in [-0.05, 0) is 27.7 Å². The zero-order chi connectivity index (χ0) is 18.7. The number of hydrogen-bond acceptors (Lipinski definition) is 4. The third-order valence-electron chi connectivity index (χ3n) is 2.70. The average Bonchev–Trinajstić information content (AvgIpc) is 2.49. The van der Waals surface area contributed by atoms with Crippen molar-refractivity contribution < 1.29 is 40.0 Å². The van der Waals surface area contributed by atoms with E-state index in [1.54, 1.807) is 27.7 Å². The second kappa shape index (κ2) is 8.23. The molecule has 10 heteroatoms. The van der Waals surface area contributed by atoms with Crippen LogP contribution in [0.5, 0.6) is 5.75 Å². The van der Waals surface area contributed by atoms with Gasteiger partial charge in [0.2, 0.25) is 29.1 Å². The maximum atomic E-state index is 13.7. The molecule has 0 fully saturated rings. The van der Waals surface area contributed by atoms with Gasteiger partial charge in [-0.15, -0.1) is 0 Å². The minimum atomic E-state index is -3.57. The smallest absolute Gasteiger partial charge is 0.483 e. The summed E-state index contributed by atoms with van der Waals surface area (Å²) in [5.74, 6) is -12.0. The quantitative estimate of drug-likeness (QED) is 0.301. The molecule has 0 radical (unpaired) electrons. The van der Waals surface area contributed by atoms with E-state index in [-0.39, 0.29) is 12.2 Å². The molecule has 4 nitrogen and oxygen atoms in total. The standard InChI is InChI=1S/C14H19F5O4Si/c1-7(2)22-24(20-5,23-8(3)4)6-21-14-12(18)10(16)9(15)11(17)13(14)19/h7-8H,6H2,1-5H3. The van der Waals surface area contributed by atoms with E-state index >= 15 is 0 Å². The van der Waals surface area contributed by atoms with Crippen molar-refractivity contribution in [2.45, 2.75) is 39.9 Å². The first-order chi connectivity index (χ1) is 11.0. The summed E-state index contributed by atoms with van der Waals surface area (Å²) >= 11 is 0. The Morgan fingerprint density at radius 2 is 1.12 bits per heavy atom. The SMILES string of the molecule is CO[Si](COc1c(F)c(F)c(F)c(F)c1F)(OC(C)C)OC(C)C. The maximum Gasteiger partial charge on any atom is 0.540 e. The summed E-state index contributed by atoms with van der Waals surface area (Å²) in [4.78, 5) is 0. The van der Waals surface area contributed by atoms with Gasteiger partial charge in [0.1, 0.15) is 0 Å². The van der Waals surface area contributed by atoms with Gasteiger partial charge in [0.25, 0.3) is 0 Å². The second-order valence-electron chi connectivity index (χ2n) is 5.41. The normalized spacial score (nSPS) is 12.3. The van der Waals surface area contributed by atoms with Crippen molar-refractivity contribution in [1.82, 2.24) is 0 Å². The molecule has 0 aromatic heterocycles. The molecule has 1 aromatic carbocycles. The van der Waals surface area contributed by atoms with Crippen LogP contribution in [0.2, 0.25) is 0 Å². The zero-order valence-corrected chi connectivity index (χ0v) is 14.9. The largest absolute Gasteiger partial charge is 0.540 e. The molecule has 138 valence electrons. The molecule has 0 unspecified atom stereocenters. The summed E-state index contributed by atoms with van der Waals surface area (Å²) < 4.78 is 87.9. The van der Waals surface area contributed by atoms with E-state index in [0.717, 1.165) is 0 Å². The predicted octanol–water partition coefficient (Wildman–Crippen LogP) is 3.74. The number of rotatable bonds is 8. The van der Waals surface area contributed by atoms with Gasteiger partial charge in [0.05, 0.1) is 0 Å². The molecular formula is C14H19F5O4Si. The molecular weight excluding hydrogens is 355 g/mol. The van der Waals surface area contributed by atoms with E-state index in [1.807, 2.05) is 0 Å². The van der Waals surface area contributed by atoms with Crippen LogP contribution in [-0.2, 0) is 13.3 Å². The highest BCUT2D eigenvalue weighted by Gasteiger charge is 2.44. The van der Waals surface area contributed by atoms with E-state index in [1.165, 1.54) is 7.11 Å². The van der Waals surface area contributed by atoms with E-state index < -0.39 is 49.9 Å². The highest BCUT2D eigenvalue weighted by molar-refractivity contribution is 6.60. The third-order valence-corrected chi connectivity index (χ3v) is 5.49. The Kier molecular flexibility index (Phi) is 7.14. The molecule has 0 atom stereocenters. The van der Waals surface area contributed by atoms with Crippen LogP contribution < -0.4 is 4.74 Å². The van der Waals surface area contributed by atoms with E-state index in [2.05, 4.69) is 0 Å². The summed E-state index contributed by atoms with van der Waals surface area (Å²) in [6.07, 6.45) is -1.39. The molecule has 0 aliphatic heterocycles. The summed E-state index contributed by atoms with van der Waals surface area (Å²) in [7, 11) is -2.32. The summed E-state index contributed by atoms with van der Waals surface area (Å²) in [5.41, 5.74) is 0. The van der Waals surface area contributed by atoms with Gasteiger partial charge in [0.15, 0.2) is 12.0 Å². The first-order valence-corrected chi connectivity index (χ1v) is 9.02. The van der Waals surface area contributed by atoms with Crippen molar-refractivity contribution >= 4 is 8.80 Å². The van der Waals surface area contributed by atoms with Crippen molar-refractivity contribution in [2.24, 2.45) is 0 Å². The lowest BCUT2D eigenvalue weighted by atomic mass is 10.3. The Labute approximate surface area is 137 Å². The van der Waals surface area contributed by atoms with Crippen molar-refractivity contribution in [2.75, 3.05) is 13.3 Å². The minimum Gasteiger partial charge on any atom is -0.483 e. The van der Waals surface area contributed by atoms with Crippen LogP contribution in [0.4, 0.5) is 22.0 Å². The molecule has 1 aromatic rings. The topological polar surface area (TPSA) is 36.9 Å². The summed E-state index contributed by atoms with van der Waals surface area (Å²) in [6, 6.07) is 0. The summed E-state index contributed by atoms with van der Waals surface area (Å²) in [5, 5.41) is 0. The van der Waals surface area contributed by atoms with Gasteiger partial charge in [0, 0.05) is 19.3 Å². The second-order valence-corrected chi connectivity index (χ2v) is 7.94. The Balaban J connectivity index is 3.15. The predicted molar refractivity (Wildman–Crippen MR) is 76.9 cm³/mol. The fourth-order valence-electron chi connectivity index (χ4n) is 1.84. The zero-order valence-electron chi connectivity index (χ0n) is 13.9. The molecule has 0 heterocycles. The van der Waals surface area contributed by atoms with Gasteiger partial charge in [-0.1, -0.05) is 0 Å². The molecule has 0 aliphatic rings. The monoisotopic (exact) mass is 374 g/mol. The van der Waals surface area contributed by atoms with Crippen LogP contribution in [0.3, 0.4) is 0 Å². The molecule has 0 saturated heterocycles. The molecule has 0 saturated carbocycles. The average molecular weight is 374 g/mol. The number of benzene rings is 1. The highest BCUT2D eigenvalue weighted by Crippen LogP contribution is 2.30. The van der Waals surface area contributed by atoms with Crippen LogP contribution in [0.15, 0.2) is 0 Å². The van der Waals surface area contributed by atoms with Gasteiger partial charge in [-0.25, -0.2) is 13.2 Å². The van der Waals surface area contributed by atoms with E-state index in [9.17, 15) is 22.0 Å². The van der Waals surface area contributed by atoms with Crippen LogP contribution in [0.1, 0.15) is 27.7 Å². The molecule has 0 amide bonds. The molecule has 1 rings (SSSR count). The van der Waals surface area contributed by atoms with E-state index in [0.29, 0.717) is 0 Å². The lowest BCUT2D eigenvalue weighted by Gasteiger charge is -2.31. The molecule has 0 aliphatic carbocycles. The molecule has 24 heavy (non-hydrogen) atoms. The van der Waals surface area contributed by atoms with Crippen molar-refractivity contribution in [3.8, 4) is 5.75 Å². The first kappa shape index (κ1) is 20.8. The highest BCUT2D eigenvalue weighted by atomic mass is 28.4.